The number of ether oxygens (including phenoxy) is 4. The van der Waals surface area contributed by atoms with Crippen molar-refractivity contribution < 1.29 is 23.7 Å². The monoisotopic (exact) mass is 268 g/mol. The number of rotatable bonds is 9. The van der Waals surface area contributed by atoms with Crippen LogP contribution in [0, 0.1) is 0 Å². The van der Waals surface area contributed by atoms with Gasteiger partial charge in [0.15, 0.2) is 5.78 Å². The minimum atomic E-state index is -0.0436. The van der Waals surface area contributed by atoms with E-state index in [-0.39, 0.29) is 5.78 Å². The second-order valence-electron chi connectivity index (χ2n) is 3.87. The Bertz CT molecular complexity index is 403. The first kappa shape index (κ1) is 15.5. The average molecular weight is 268 g/mol. The van der Waals surface area contributed by atoms with Gasteiger partial charge in [0, 0.05) is 13.2 Å². The van der Waals surface area contributed by atoms with Crippen molar-refractivity contribution in [1.29, 1.82) is 0 Å². The number of methoxy groups -OCH3 is 2. The van der Waals surface area contributed by atoms with E-state index in [1.807, 2.05) is 0 Å². The van der Waals surface area contributed by atoms with Crippen molar-refractivity contribution in [3.63, 3.8) is 0 Å². The highest BCUT2D eigenvalue weighted by Crippen LogP contribution is 2.25. The molecule has 0 N–H and O–H groups in total. The van der Waals surface area contributed by atoms with E-state index in [2.05, 4.69) is 0 Å². The van der Waals surface area contributed by atoms with Gasteiger partial charge in [0.2, 0.25) is 0 Å². The third-order valence-electron chi connectivity index (χ3n) is 2.49. The highest BCUT2D eigenvalue weighted by molar-refractivity contribution is 5.97. The Morgan fingerprint density at radius 1 is 1.11 bits per heavy atom. The van der Waals surface area contributed by atoms with Gasteiger partial charge in [-0.3, -0.25) is 4.79 Å². The molecule has 0 saturated carbocycles. The first-order valence-electron chi connectivity index (χ1n) is 6.07. The van der Waals surface area contributed by atoms with E-state index in [4.69, 9.17) is 18.9 Å². The molecular formula is C14H20O5. The number of hydrogen-bond acceptors (Lipinski definition) is 5. The van der Waals surface area contributed by atoms with Crippen LogP contribution in [0.2, 0.25) is 0 Å². The fraction of sp³-hybridized carbons (Fsp3) is 0.500. The van der Waals surface area contributed by atoms with E-state index in [0.29, 0.717) is 43.5 Å². The summed E-state index contributed by atoms with van der Waals surface area (Å²) in [5.41, 5.74) is 0.540. The van der Waals surface area contributed by atoms with Crippen molar-refractivity contribution in [2.24, 2.45) is 0 Å². The van der Waals surface area contributed by atoms with Gasteiger partial charge in [-0.25, -0.2) is 0 Å². The smallest absolute Gasteiger partial charge is 0.163 e. The van der Waals surface area contributed by atoms with E-state index >= 15 is 0 Å². The van der Waals surface area contributed by atoms with Crippen LogP contribution < -0.4 is 9.47 Å². The van der Waals surface area contributed by atoms with Crippen molar-refractivity contribution in [1.82, 2.24) is 0 Å². The summed E-state index contributed by atoms with van der Waals surface area (Å²) in [5, 5.41) is 0. The molecule has 19 heavy (non-hydrogen) atoms. The minimum absolute atomic E-state index is 0.0436. The maximum Gasteiger partial charge on any atom is 0.163 e. The number of ketones is 1. The first-order valence-corrected chi connectivity index (χ1v) is 6.07. The van der Waals surface area contributed by atoms with E-state index in [1.165, 1.54) is 6.92 Å². The lowest BCUT2D eigenvalue weighted by Crippen LogP contribution is -2.11. The lowest BCUT2D eigenvalue weighted by molar-refractivity contribution is 0.0542. The maximum absolute atomic E-state index is 11.5. The first-order chi connectivity index (χ1) is 9.19. The standard InChI is InChI=1S/C14H20O5/c1-11(15)13-5-4-12(17-3)10-14(13)19-9-8-18-7-6-16-2/h4-5,10H,6-9H2,1-3H3. The predicted molar refractivity (Wildman–Crippen MR) is 71.2 cm³/mol. The van der Waals surface area contributed by atoms with Crippen molar-refractivity contribution >= 4 is 5.78 Å². The summed E-state index contributed by atoms with van der Waals surface area (Å²) < 4.78 is 20.8. The van der Waals surface area contributed by atoms with E-state index in [1.54, 1.807) is 32.4 Å². The zero-order valence-electron chi connectivity index (χ0n) is 11.6. The molecule has 0 radical (unpaired) electrons. The summed E-state index contributed by atoms with van der Waals surface area (Å²) in [7, 11) is 3.19. The molecule has 5 heteroatoms. The minimum Gasteiger partial charge on any atom is -0.497 e. The number of carbonyl (C=O) groups is 1. The van der Waals surface area contributed by atoms with Crippen LogP contribution in [0.1, 0.15) is 17.3 Å². The summed E-state index contributed by atoms with van der Waals surface area (Å²) in [6.07, 6.45) is 0. The third kappa shape index (κ3) is 5.28. The van der Waals surface area contributed by atoms with Crippen molar-refractivity contribution in [3.05, 3.63) is 23.8 Å². The van der Waals surface area contributed by atoms with Crippen LogP contribution in [0.4, 0.5) is 0 Å². The summed E-state index contributed by atoms with van der Waals surface area (Å²) >= 11 is 0. The van der Waals surface area contributed by atoms with Crippen LogP contribution in [0.25, 0.3) is 0 Å². The summed E-state index contributed by atoms with van der Waals surface area (Å²) in [6, 6.07) is 5.13. The molecule has 106 valence electrons. The molecular weight excluding hydrogens is 248 g/mol. The number of benzene rings is 1. The van der Waals surface area contributed by atoms with Crippen LogP contribution in [0.3, 0.4) is 0 Å². The lowest BCUT2D eigenvalue weighted by Gasteiger charge is -2.11. The lowest BCUT2D eigenvalue weighted by atomic mass is 10.1. The Balaban J connectivity index is 2.52. The summed E-state index contributed by atoms with van der Waals surface area (Å²) in [6.45, 7) is 3.40. The molecule has 0 aliphatic carbocycles. The molecule has 0 saturated heterocycles. The Hall–Kier alpha value is -1.59. The van der Waals surface area contributed by atoms with Gasteiger partial charge in [-0.2, -0.15) is 0 Å². The molecule has 1 aromatic carbocycles. The molecule has 0 aliphatic rings. The molecule has 0 fully saturated rings. The second-order valence-corrected chi connectivity index (χ2v) is 3.87. The third-order valence-corrected chi connectivity index (χ3v) is 2.49. The Morgan fingerprint density at radius 3 is 2.47 bits per heavy atom. The molecule has 0 unspecified atom stereocenters. The molecule has 0 heterocycles. The fourth-order valence-electron chi connectivity index (χ4n) is 1.49. The average Bonchev–Trinajstić information content (AvgIpc) is 2.42. The number of carbonyl (C=O) groups excluding carboxylic acids is 1. The maximum atomic E-state index is 11.5. The van der Waals surface area contributed by atoms with Gasteiger partial charge in [-0.15, -0.1) is 0 Å². The zero-order chi connectivity index (χ0) is 14.1. The van der Waals surface area contributed by atoms with Gasteiger partial charge in [0.1, 0.15) is 18.1 Å². The zero-order valence-corrected chi connectivity index (χ0v) is 11.6. The molecule has 0 aliphatic heterocycles. The van der Waals surface area contributed by atoms with Crippen LogP contribution in [0.15, 0.2) is 18.2 Å². The Kier molecular flexibility index (Phi) is 6.92. The summed E-state index contributed by atoms with van der Waals surface area (Å²) in [4.78, 5) is 11.5. The molecule has 1 rings (SSSR count). The number of hydrogen-bond donors (Lipinski definition) is 0. The molecule has 0 aromatic heterocycles. The quantitative estimate of drug-likeness (QED) is 0.506. The van der Waals surface area contributed by atoms with Crippen LogP contribution in [-0.4, -0.2) is 46.4 Å². The fourth-order valence-corrected chi connectivity index (χ4v) is 1.49. The van der Waals surface area contributed by atoms with Gasteiger partial charge >= 0.3 is 0 Å². The van der Waals surface area contributed by atoms with Crippen molar-refractivity contribution in [2.45, 2.75) is 6.92 Å². The van der Waals surface area contributed by atoms with Gasteiger partial charge in [0.05, 0.1) is 32.5 Å². The summed E-state index contributed by atoms with van der Waals surface area (Å²) in [5.74, 6) is 1.13. The molecule has 0 bridgehead atoms. The van der Waals surface area contributed by atoms with Crippen LogP contribution >= 0.6 is 0 Å². The van der Waals surface area contributed by atoms with E-state index in [0.717, 1.165) is 0 Å². The van der Waals surface area contributed by atoms with Crippen molar-refractivity contribution in [3.8, 4) is 11.5 Å². The normalized spacial score (nSPS) is 10.3. The van der Waals surface area contributed by atoms with Crippen LogP contribution in [-0.2, 0) is 9.47 Å². The van der Waals surface area contributed by atoms with Gasteiger partial charge in [-0.05, 0) is 19.1 Å². The van der Waals surface area contributed by atoms with Crippen molar-refractivity contribution in [2.75, 3.05) is 40.6 Å². The molecule has 0 spiro atoms. The molecule has 5 nitrogen and oxygen atoms in total. The largest absolute Gasteiger partial charge is 0.497 e. The highest BCUT2D eigenvalue weighted by atomic mass is 16.5. The second kappa shape index (κ2) is 8.50. The molecule has 0 atom stereocenters. The van der Waals surface area contributed by atoms with Crippen LogP contribution in [0.5, 0.6) is 11.5 Å². The van der Waals surface area contributed by atoms with Gasteiger partial charge < -0.3 is 18.9 Å². The highest BCUT2D eigenvalue weighted by Gasteiger charge is 2.09. The molecule has 1 aromatic rings. The Labute approximate surface area is 113 Å². The van der Waals surface area contributed by atoms with Gasteiger partial charge in [-0.1, -0.05) is 0 Å². The predicted octanol–water partition coefficient (Wildman–Crippen LogP) is 1.94. The number of Topliss-reactive ketones (excluding diaryl/α,β-unsaturated/α-hetero) is 1. The van der Waals surface area contributed by atoms with Gasteiger partial charge in [0.25, 0.3) is 0 Å². The molecule has 0 amide bonds. The SMILES string of the molecule is COCCOCCOc1cc(OC)ccc1C(C)=O. The Morgan fingerprint density at radius 2 is 1.84 bits per heavy atom. The van der Waals surface area contributed by atoms with E-state index < -0.39 is 0 Å². The van der Waals surface area contributed by atoms with E-state index in [9.17, 15) is 4.79 Å². The topological polar surface area (TPSA) is 54.0 Å².